The molecule has 3 N–H and O–H groups in total. The molecule has 3 nitrogen and oxygen atoms in total. The summed E-state index contributed by atoms with van der Waals surface area (Å²) in [7, 11) is 0. The van der Waals surface area contributed by atoms with Gasteiger partial charge in [0.1, 0.15) is 0 Å². The first-order valence-corrected chi connectivity index (χ1v) is 3.71. The summed E-state index contributed by atoms with van der Waals surface area (Å²) in [6, 6.07) is 0. The number of nitrogens with two attached hydrogens (primary N) is 1. The molecule has 0 aromatic rings. The van der Waals surface area contributed by atoms with Crippen LogP contribution in [-0.2, 0) is 4.74 Å². The molecule has 0 aromatic heterocycles. The summed E-state index contributed by atoms with van der Waals surface area (Å²) in [4.78, 5) is 0. The molecule has 0 spiro atoms. The zero-order valence-electron chi connectivity index (χ0n) is 6.34. The van der Waals surface area contributed by atoms with E-state index in [-0.39, 0.29) is 12.1 Å². The van der Waals surface area contributed by atoms with Crippen LogP contribution in [0.3, 0.4) is 0 Å². The van der Waals surface area contributed by atoms with Crippen molar-refractivity contribution in [1.82, 2.24) is 0 Å². The van der Waals surface area contributed by atoms with Crippen LogP contribution in [0.5, 0.6) is 0 Å². The van der Waals surface area contributed by atoms with Gasteiger partial charge in [-0.25, -0.2) is 0 Å². The number of hydrogen-bond donors (Lipinski definition) is 2. The van der Waals surface area contributed by atoms with Crippen molar-refractivity contribution < 1.29 is 9.84 Å². The van der Waals surface area contributed by atoms with Gasteiger partial charge in [-0.05, 0) is 19.8 Å². The van der Waals surface area contributed by atoms with E-state index in [2.05, 4.69) is 0 Å². The minimum Gasteiger partial charge on any atom is -0.389 e. The Morgan fingerprint density at radius 3 is 2.90 bits per heavy atom. The van der Waals surface area contributed by atoms with E-state index >= 15 is 0 Å². The molecule has 1 aliphatic heterocycles. The highest BCUT2D eigenvalue weighted by molar-refractivity contribution is 4.87. The largest absolute Gasteiger partial charge is 0.389 e. The molecule has 1 saturated heterocycles. The maximum atomic E-state index is 9.37. The van der Waals surface area contributed by atoms with Crippen LogP contribution in [0, 0.1) is 0 Å². The Morgan fingerprint density at radius 1 is 1.80 bits per heavy atom. The minimum absolute atomic E-state index is 0.288. The second-order valence-corrected chi connectivity index (χ2v) is 3.02. The minimum atomic E-state index is -0.505. The van der Waals surface area contributed by atoms with Gasteiger partial charge in [0.25, 0.3) is 0 Å². The quantitative estimate of drug-likeness (QED) is 0.569. The molecule has 0 saturated carbocycles. The maximum Gasteiger partial charge on any atom is 0.0948 e. The average molecular weight is 145 g/mol. The first-order valence-electron chi connectivity index (χ1n) is 3.71. The van der Waals surface area contributed by atoms with E-state index in [0.717, 1.165) is 19.4 Å². The summed E-state index contributed by atoms with van der Waals surface area (Å²) in [5.74, 6) is 0. The normalized spacial score (nSPS) is 36.3. The van der Waals surface area contributed by atoms with Gasteiger partial charge in [0, 0.05) is 13.2 Å². The zero-order valence-corrected chi connectivity index (χ0v) is 6.34. The topological polar surface area (TPSA) is 55.5 Å². The number of ether oxygens (including phenoxy) is 1. The van der Waals surface area contributed by atoms with E-state index in [4.69, 9.17) is 10.5 Å². The van der Waals surface area contributed by atoms with Crippen molar-refractivity contribution in [3.05, 3.63) is 0 Å². The lowest BCUT2D eigenvalue weighted by atomic mass is 9.96. The SMILES string of the molecule is CC1(C(O)CN)CCCO1. The Morgan fingerprint density at radius 2 is 2.50 bits per heavy atom. The average Bonchev–Trinajstić information content (AvgIpc) is 2.36. The molecule has 0 radical (unpaired) electrons. The molecule has 1 fully saturated rings. The van der Waals surface area contributed by atoms with Crippen LogP contribution in [0.15, 0.2) is 0 Å². The first kappa shape index (κ1) is 7.98. The third-order valence-corrected chi connectivity index (χ3v) is 2.18. The van der Waals surface area contributed by atoms with Crippen LogP contribution in [-0.4, -0.2) is 30.0 Å². The molecule has 2 atom stereocenters. The summed E-state index contributed by atoms with van der Waals surface area (Å²) >= 11 is 0. The fourth-order valence-electron chi connectivity index (χ4n) is 1.31. The van der Waals surface area contributed by atoms with Gasteiger partial charge in [-0.15, -0.1) is 0 Å². The zero-order chi connectivity index (χ0) is 7.61. The summed E-state index contributed by atoms with van der Waals surface area (Å²) < 4.78 is 5.36. The van der Waals surface area contributed by atoms with Gasteiger partial charge in [-0.2, -0.15) is 0 Å². The van der Waals surface area contributed by atoms with Crippen LogP contribution in [0.4, 0.5) is 0 Å². The van der Waals surface area contributed by atoms with E-state index in [1.54, 1.807) is 0 Å². The van der Waals surface area contributed by atoms with Gasteiger partial charge in [0.05, 0.1) is 11.7 Å². The Bertz CT molecular complexity index is 110. The molecule has 1 rings (SSSR count). The molecule has 1 aliphatic rings. The van der Waals surface area contributed by atoms with Gasteiger partial charge >= 0.3 is 0 Å². The molecule has 0 aliphatic carbocycles. The number of rotatable bonds is 2. The van der Waals surface area contributed by atoms with E-state index in [1.807, 2.05) is 6.92 Å². The Labute approximate surface area is 61.2 Å². The van der Waals surface area contributed by atoms with E-state index in [0.29, 0.717) is 0 Å². The number of aliphatic hydroxyl groups excluding tert-OH is 1. The van der Waals surface area contributed by atoms with Crippen molar-refractivity contribution in [2.24, 2.45) is 5.73 Å². The van der Waals surface area contributed by atoms with Crippen LogP contribution in [0.1, 0.15) is 19.8 Å². The lowest BCUT2D eigenvalue weighted by Gasteiger charge is -2.27. The second kappa shape index (κ2) is 2.86. The molecule has 0 bridgehead atoms. The molecule has 60 valence electrons. The fraction of sp³-hybridized carbons (Fsp3) is 1.00. The number of hydrogen-bond acceptors (Lipinski definition) is 3. The third kappa shape index (κ3) is 1.31. The van der Waals surface area contributed by atoms with Crippen LogP contribution < -0.4 is 5.73 Å². The van der Waals surface area contributed by atoms with Crippen LogP contribution >= 0.6 is 0 Å². The predicted molar refractivity (Wildman–Crippen MR) is 38.7 cm³/mol. The molecule has 2 unspecified atom stereocenters. The molecule has 10 heavy (non-hydrogen) atoms. The molecule has 1 heterocycles. The molecule has 3 heteroatoms. The van der Waals surface area contributed by atoms with Gasteiger partial charge in [-0.1, -0.05) is 0 Å². The molecule has 0 aromatic carbocycles. The summed E-state index contributed by atoms with van der Waals surface area (Å²) in [6.07, 6.45) is 1.45. The summed E-state index contributed by atoms with van der Waals surface area (Å²) in [6.45, 7) is 2.96. The van der Waals surface area contributed by atoms with Crippen molar-refractivity contribution in [1.29, 1.82) is 0 Å². The standard InChI is InChI=1S/C7H15NO2/c1-7(6(9)5-8)3-2-4-10-7/h6,9H,2-5,8H2,1H3. The van der Waals surface area contributed by atoms with Crippen molar-refractivity contribution in [3.63, 3.8) is 0 Å². The summed E-state index contributed by atoms with van der Waals surface area (Å²) in [5, 5.41) is 9.37. The van der Waals surface area contributed by atoms with Gasteiger partial charge in [0.15, 0.2) is 0 Å². The number of aliphatic hydroxyl groups is 1. The highest BCUT2D eigenvalue weighted by atomic mass is 16.5. The van der Waals surface area contributed by atoms with Gasteiger partial charge in [0.2, 0.25) is 0 Å². The van der Waals surface area contributed by atoms with E-state index in [1.165, 1.54) is 0 Å². The molecule has 0 amide bonds. The Hall–Kier alpha value is -0.120. The van der Waals surface area contributed by atoms with Crippen LogP contribution in [0.25, 0.3) is 0 Å². The van der Waals surface area contributed by atoms with Gasteiger partial charge < -0.3 is 15.6 Å². The van der Waals surface area contributed by atoms with E-state index < -0.39 is 6.10 Å². The van der Waals surface area contributed by atoms with Crippen LogP contribution in [0.2, 0.25) is 0 Å². The second-order valence-electron chi connectivity index (χ2n) is 3.02. The molecular formula is C7H15NO2. The van der Waals surface area contributed by atoms with E-state index in [9.17, 15) is 5.11 Å². The van der Waals surface area contributed by atoms with Crippen molar-refractivity contribution in [2.45, 2.75) is 31.5 Å². The first-order chi connectivity index (χ1) is 4.69. The van der Waals surface area contributed by atoms with Crippen molar-refractivity contribution in [2.75, 3.05) is 13.2 Å². The Balaban J connectivity index is 2.49. The Kier molecular flexibility index (Phi) is 2.28. The lowest BCUT2D eigenvalue weighted by molar-refractivity contribution is -0.0729. The maximum absolute atomic E-state index is 9.37. The fourth-order valence-corrected chi connectivity index (χ4v) is 1.31. The third-order valence-electron chi connectivity index (χ3n) is 2.18. The monoisotopic (exact) mass is 145 g/mol. The molecular weight excluding hydrogens is 130 g/mol. The summed E-state index contributed by atoms with van der Waals surface area (Å²) in [5.41, 5.74) is 4.94. The van der Waals surface area contributed by atoms with Crippen molar-refractivity contribution in [3.8, 4) is 0 Å². The predicted octanol–water partition coefficient (Wildman–Crippen LogP) is -0.125. The van der Waals surface area contributed by atoms with Gasteiger partial charge in [-0.3, -0.25) is 0 Å². The lowest BCUT2D eigenvalue weighted by Crippen LogP contribution is -2.43. The highest BCUT2D eigenvalue weighted by Crippen LogP contribution is 2.27. The van der Waals surface area contributed by atoms with Crippen molar-refractivity contribution >= 4 is 0 Å². The smallest absolute Gasteiger partial charge is 0.0948 e. The highest BCUT2D eigenvalue weighted by Gasteiger charge is 2.36.